The molecule has 1 aromatic heterocycles. The summed E-state index contributed by atoms with van der Waals surface area (Å²) in [5.41, 5.74) is 5.88. The molecule has 7 nitrogen and oxygen atoms in total. The van der Waals surface area contributed by atoms with Gasteiger partial charge in [0.15, 0.2) is 6.29 Å². The Morgan fingerprint density at radius 3 is 2.39 bits per heavy atom. The van der Waals surface area contributed by atoms with E-state index in [0.29, 0.717) is 13.1 Å². The normalized spacial score (nSPS) is 22.0. The molecule has 2 heterocycles. The van der Waals surface area contributed by atoms with Crippen LogP contribution in [-0.2, 0) is 34.0 Å². The van der Waals surface area contributed by atoms with Crippen LogP contribution in [0.5, 0.6) is 0 Å². The summed E-state index contributed by atoms with van der Waals surface area (Å²) < 4.78 is 15.2. The first-order chi connectivity index (χ1) is 17.5. The summed E-state index contributed by atoms with van der Waals surface area (Å²) in [5, 5.41) is 12.3. The second-order valence-electron chi connectivity index (χ2n) is 9.36. The van der Waals surface area contributed by atoms with Crippen molar-refractivity contribution < 1.29 is 19.4 Å². The minimum Gasteiger partial charge on any atom is -0.392 e. The Hall–Kier alpha value is -3.52. The van der Waals surface area contributed by atoms with Gasteiger partial charge >= 0.3 is 0 Å². The van der Waals surface area contributed by atoms with Crippen LogP contribution in [0.4, 0.5) is 0 Å². The van der Waals surface area contributed by atoms with Crippen molar-refractivity contribution in [1.29, 1.82) is 0 Å². The minimum absolute atomic E-state index is 0.00819. The van der Waals surface area contributed by atoms with Crippen LogP contribution in [0.2, 0.25) is 0 Å². The standard InChI is InChI=1S/C29H31N3O4/c1-19-27(16-32-18-31-25-5-3-4-6-26(25)32)35-29(24-13-7-21(8-14-24)15-30-20(2)34)36-28(19)23-11-9-22(17-33)10-12-23/h3-14,18-19,27-29,33H,15-17H2,1-2H3,(H,30,34)/t19-,27+,28+,29+/m0/s1. The molecule has 0 bridgehead atoms. The molecule has 4 aromatic rings. The average molecular weight is 486 g/mol. The van der Waals surface area contributed by atoms with E-state index in [1.165, 1.54) is 6.92 Å². The van der Waals surface area contributed by atoms with Gasteiger partial charge in [-0.25, -0.2) is 4.98 Å². The number of nitrogens with one attached hydrogen (secondary N) is 1. The van der Waals surface area contributed by atoms with E-state index < -0.39 is 6.29 Å². The fourth-order valence-electron chi connectivity index (χ4n) is 4.70. The summed E-state index contributed by atoms with van der Waals surface area (Å²) >= 11 is 0. The van der Waals surface area contributed by atoms with E-state index in [1.807, 2.05) is 73.1 Å². The lowest BCUT2D eigenvalue weighted by atomic mass is 9.90. The molecule has 0 saturated carbocycles. The first-order valence-corrected chi connectivity index (χ1v) is 12.3. The number of amides is 1. The van der Waals surface area contributed by atoms with E-state index in [-0.39, 0.29) is 30.6 Å². The number of carbonyl (C=O) groups is 1. The summed E-state index contributed by atoms with van der Waals surface area (Å²) in [6, 6.07) is 24.0. The van der Waals surface area contributed by atoms with Gasteiger partial charge in [0.1, 0.15) is 0 Å². The summed E-state index contributed by atoms with van der Waals surface area (Å²) in [5.74, 6) is 0.0124. The Labute approximate surface area is 210 Å². The molecule has 0 aliphatic carbocycles. The van der Waals surface area contributed by atoms with Crippen LogP contribution in [-0.4, -0.2) is 26.7 Å². The quantitative estimate of drug-likeness (QED) is 0.398. The molecule has 1 aliphatic rings. The van der Waals surface area contributed by atoms with Crippen molar-refractivity contribution >= 4 is 16.9 Å². The third kappa shape index (κ3) is 5.18. The summed E-state index contributed by atoms with van der Waals surface area (Å²) in [7, 11) is 0. The molecule has 1 saturated heterocycles. The number of fused-ring (bicyclic) bond motifs is 1. The van der Waals surface area contributed by atoms with Gasteiger partial charge in [-0.1, -0.05) is 67.6 Å². The Kier molecular flexibility index (Phi) is 7.13. The highest BCUT2D eigenvalue weighted by Gasteiger charge is 2.38. The Morgan fingerprint density at radius 1 is 0.972 bits per heavy atom. The number of rotatable bonds is 7. The molecule has 2 N–H and O–H groups in total. The number of ether oxygens (including phenoxy) is 2. The molecule has 0 spiro atoms. The third-order valence-electron chi connectivity index (χ3n) is 6.82. The van der Waals surface area contributed by atoms with Crippen molar-refractivity contribution in [2.75, 3.05) is 0 Å². The van der Waals surface area contributed by atoms with Gasteiger partial charge in [0.2, 0.25) is 5.91 Å². The van der Waals surface area contributed by atoms with E-state index in [2.05, 4.69) is 27.9 Å². The second-order valence-corrected chi connectivity index (χ2v) is 9.36. The topological polar surface area (TPSA) is 85.6 Å². The maximum absolute atomic E-state index is 11.3. The lowest BCUT2D eigenvalue weighted by molar-refractivity contribution is -0.276. The van der Waals surface area contributed by atoms with Crippen LogP contribution < -0.4 is 5.32 Å². The molecule has 1 fully saturated rings. The number of carbonyl (C=O) groups excluding carboxylic acids is 1. The minimum atomic E-state index is -0.543. The maximum atomic E-state index is 11.3. The fraction of sp³-hybridized carbons (Fsp3) is 0.310. The number of hydrogen-bond acceptors (Lipinski definition) is 5. The third-order valence-corrected chi connectivity index (χ3v) is 6.82. The van der Waals surface area contributed by atoms with Crippen LogP contribution >= 0.6 is 0 Å². The number of nitrogens with zero attached hydrogens (tertiary/aromatic N) is 2. The first-order valence-electron chi connectivity index (χ1n) is 12.3. The van der Waals surface area contributed by atoms with Crippen molar-refractivity contribution in [2.24, 2.45) is 5.92 Å². The number of aliphatic hydroxyl groups excluding tert-OH is 1. The van der Waals surface area contributed by atoms with E-state index in [1.54, 1.807) is 0 Å². The van der Waals surface area contributed by atoms with Gasteiger partial charge < -0.3 is 24.5 Å². The van der Waals surface area contributed by atoms with Gasteiger partial charge in [0.05, 0.1) is 42.7 Å². The van der Waals surface area contributed by atoms with E-state index in [9.17, 15) is 9.90 Å². The summed E-state index contributed by atoms with van der Waals surface area (Å²) in [4.78, 5) is 15.8. The fourth-order valence-corrected chi connectivity index (χ4v) is 4.70. The van der Waals surface area contributed by atoms with E-state index in [4.69, 9.17) is 9.47 Å². The van der Waals surface area contributed by atoms with Crippen LogP contribution in [0.1, 0.15) is 48.5 Å². The van der Waals surface area contributed by atoms with Gasteiger partial charge in [-0.3, -0.25) is 4.79 Å². The molecule has 3 aromatic carbocycles. The van der Waals surface area contributed by atoms with Crippen LogP contribution in [0, 0.1) is 5.92 Å². The Morgan fingerprint density at radius 2 is 1.67 bits per heavy atom. The van der Waals surface area contributed by atoms with Gasteiger partial charge in [0.25, 0.3) is 0 Å². The Bertz CT molecular complexity index is 1320. The molecule has 0 unspecified atom stereocenters. The van der Waals surface area contributed by atoms with Gasteiger partial charge in [-0.05, 0) is 28.8 Å². The molecular weight excluding hydrogens is 454 g/mol. The Balaban J connectivity index is 1.43. The molecule has 36 heavy (non-hydrogen) atoms. The highest BCUT2D eigenvalue weighted by molar-refractivity contribution is 5.75. The van der Waals surface area contributed by atoms with Crippen molar-refractivity contribution in [2.45, 2.75) is 52.0 Å². The molecule has 4 atom stereocenters. The largest absolute Gasteiger partial charge is 0.392 e. The van der Waals surface area contributed by atoms with Crippen molar-refractivity contribution in [3.63, 3.8) is 0 Å². The second kappa shape index (κ2) is 10.6. The monoisotopic (exact) mass is 485 g/mol. The van der Waals surface area contributed by atoms with Crippen LogP contribution in [0.15, 0.2) is 79.1 Å². The van der Waals surface area contributed by atoms with Gasteiger partial charge in [-0.2, -0.15) is 0 Å². The van der Waals surface area contributed by atoms with Gasteiger partial charge in [0, 0.05) is 24.9 Å². The SMILES string of the molecule is CC(=O)NCc1ccc([C@@H]2O[C@H](Cn3cnc4ccccc43)[C@H](C)[C@H](c3ccc(CO)cc3)O2)cc1. The molecule has 5 rings (SSSR count). The lowest BCUT2D eigenvalue weighted by Gasteiger charge is -2.41. The van der Waals surface area contributed by atoms with E-state index in [0.717, 1.165) is 33.3 Å². The zero-order chi connectivity index (χ0) is 25.1. The first kappa shape index (κ1) is 24.2. The molecule has 1 aliphatic heterocycles. The zero-order valence-corrected chi connectivity index (χ0v) is 20.5. The molecular formula is C29H31N3O4. The average Bonchev–Trinajstić information content (AvgIpc) is 3.32. The van der Waals surface area contributed by atoms with Crippen molar-refractivity contribution in [3.8, 4) is 0 Å². The number of aliphatic hydroxyl groups is 1. The number of para-hydroxylation sites is 2. The lowest BCUT2D eigenvalue weighted by Crippen LogP contribution is -2.39. The molecule has 7 heteroatoms. The molecule has 1 amide bonds. The summed E-state index contributed by atoms with van der Waals surface area (Å²) in [6.07, 6.45) is 1.02. The van der Waals surface area contributed by atoms with Gasteiger partial charge in [-0.15, -0.1) is 0 Å². The van der Waals surface area contributed by atoms with Crippen molar-refractivity contribution in [1.82, 2.24) is 14.9 Å². The number of benzene rings is 3. The number of hydrogen-bond donors (Lipinski definition) is 2. The predicted octanol–water partition coefficient (Wildman–Crippen LogP) is 4.66. The molecule has 186 valence electrons. The van der Waals surface area contributed by atoms with E-state index >= 15 is 0 Å². The van der Waals surface area contributed by atoms with Crippen LogP contribution in [0.25, 0.3) is 11.0 Å². The maximum Gasteiger partial charge on any atom is 0.217 e. The summed E-state index contributed by atoms with van der Waals surface area (Å²) in [6.45, 7) is 4.80. The predicted molar refractivity (Wildman–Crippen MR) is 137 cm³/mol. The molecule has 0 radical (unpaired) electrons. The number of imidazole rings is 1. The highest BCUT2D eigenvalue weighted by Crippen LogP contribution is 2.42. The smallest absolute Gasteiger partial charge is 0.217 e. The zero-order valence-electron chi connectivity index (χ0n) is 20.5. The number of aromatic nitrogens is 2. The van der Waals surface area contributed by atoms with Crippen LogP contribution in [0.3, 0.4) is 0 Å². The highest BCUT2D eigenvalue weighted by atomic mass is 16.7. The van der Waals surface area contributed by atoms with Crippen molar-refractivity contribution in [3.05, 3.63) is 101 Å².